The van der Waals surface area contributed by atoms with Crippen LogP contribution in [0.25, 0.3) is 0 Å². The molecule has 1 N–H and O–H groups in total. The molecule has 3 nitrogen and oxygen atoms in total. The van der Waals surface area contributed by atoms with Crippen LogP contribution >= 0.6 is 0 Å². The van der Waals surface area contributed by atoms with Gasteiger partial charge in [-0.3, -0.25) is 4.79 Å². The van der Waals surface area contributed by atoms with E-state index in [0.29, 0.717) is 31.6 Å². The fraction of sp³-hybridized carbons (Fsp3) is 0.720. The average molecular weight is 475 g/mol. The molecule has 0 aromatic heterocycles. The monoisotopic (exact) mass is 474 g/mol. The van der Waals surface area contributed by atoms with Crippen LogP contribution in [-0.2, 0) is 4.79 Å². The highest BCUT2D eigenvalue weighted by atomic mass is 19.3. The van der Waals surface area contributed by atoms with E-state index in [9.17, 15) is 26.7 Å². The molecule has 8 heteroatoms. The van der Waals surface area contributed by atoms with E-state index in [1.54, 1.807) is 0 Å². The lowest BCUT2D eigenvalue weighted by molar-refractivity contribution is -0.123. The number of amides is 1. The second-order valence-corrected chi connectivity index (χ2v) is 9.81. The Labute approximate surface area is 193 Å². The molecule has 1 amide bonds. The van der Waals surface area contributed by atoms with Gasteiger partial charge in [-0.15, -0.1) is 0 Å². The summed E-state index contributed by atoms with van der Waals surface area (Å²) in [5.74, 6) is -3.40. The fourth-order valence-corrected chi connectivity index (χ4v) is 5.54. The Bertz CT molecular complexity index is 790. The molecule has 1 spiro atoms. The van der Waals surface area contributed by atoms with Crippen molar-refractivity contribution in [2.45, 2.75) is 77.6 Å². The predicted octanol–water partition coefficient (Wildman–Crippen LogP) is 7.05. The number of carbonyl (C=O) groups excluding carboxylic acids is 1. The zero-order chi connectivity index (χ0) is 24.2. The largest absolute Gasteiger partial charge is 0.326 e. The Morgan fingerprint density at radius 1 is 1.03 bits per heavy atom. The van der Waals surface area contributed by atoms with Crippen molar-refractivity contribution in [3.05, 3.63) is 29.6 Å². The zero-order valence-electron chi connectivity index (χ0n) is 19.5. The topological polar surface area (TPSA) is 32.3 Å². The minimum absolute atomic E-state index is 0.00242. The first kappa shape index (κ1) is 25.9. The van der Waals surface area contributed by atoms with E-state index >= 15 is 0 Å². The normalized spacial score (nSPS) is 23.0. The Hall–Kier alpha value is -1.70. The number of hydrogen-bond donors (Lipinski definition) is 1. The van der Waals surface area contributed by atoms with Crippen LogP contribution in [0.4, 0.5) is 27.6 Å². The number of alkyl halides is 4. The summed E-state index contributed by atoms with van der Waals surface area (Å²) in [7, 11) is 0. The Morgan fingerprint density at radius 2 is 1.64 bits per heavy atom. The number of rotatable bonds is 5. The molecule has 0 atom stereocenters. The van der Waals surface area contributed by atoms with Crippen molar-refractivity contribution in [1.29, 1.82) is 0 Å². The van der Waals surface area contributed by atoms with Gasteiger partial charge in [-0.1, -0.05) is 13.8 Å². The molecule has 1 saturated heterocycles. The minimum atomic E-state index is -2.80. The molecule has 0 bridgehead atoms. The summed E-state index contributed by atoms with van der Waals surface area (Å²) in [6.45, 7) is 6.79. The van der Waals surface area contributed by atoms with Gasteiger partial charge in [0.15, 0.2) is 0 Å². The molecule has 2 aliphatic carbocycles. The summed E-state index contributed by atoms with van der Waals surface area (Å²) < 4.78 is 65.9. The summed E-state index contributed by atoms with van der Waals surface area (Å²) in [5, 5.41) is 2.60. The summed E-state index contributed by atoms with van der Waals surface area (Å²) >= 11 is 0. The molecule has 1 aliphatic heterocycles. The number of carbonyl (C=O) groups is 1. The summed E-state index contributed by atoms with van der Waals surface area (Å²) in [5.41, 5.74) is -0.181. The van der Waals surface area contributed by atoms with Crippen molar-refractivity contribution >= 4 is 11.6 Å². The van der Waals surface area contributed by atoms with Crippen molar-refractivity contribution in [3.63, 3.8) is 0 Å². The van der Waals surface area contributed by atoms with E-state index in [4.69, 9.17) is 0 Å². The lowest BCUT2D eigenvalue weighted by Crippen LogP contribution is -2.59. The zero-order valence-corrected chi connectivity index (χ0v) is 19.5. The van der Waals surface area contributed by atoms with Gasteiger partial charge in [0.25, 0.3) is 6.43 Å². The number of likely N-dealkylation sites (tertiary alicyclic amines) is 1. The molecular weight excluding hydrogens is 439 g/mol. The van der Waals surface area contributed by atoms with Crippen LogP contribution in [0.2, 0.25) is 0 Å². The van der Waals surface area contributed by atoms with Gasteiger partial charge in [-0.25, -0.2) is 22.0 Å². The predicted molar refractivity (Wildman–Crippen MR) is 119 cm³/mol. The van der Waals surface area contributed by atoms with Crippen LogP contribution in [0, 0.1) is 23.1 Å². The maximum Gasteiger partial charge on any atom is 0.264 e. The minimum Gasteiger partial charge on any atom is -0.326 e. The van der Waals surface area contributed by atoms with Crippen molar-refractivity contribution in [2.75, 3.05) is 25.0 Å². The number of benzene rings is 1. The molecule has 33 heavy (non-hydrogen) atoms. The van der Waals surface area contributed by atoms with Crippen LogP contribution in [-0.4, -0.2) is 36.4 Å². The third-order valence-electron chi connectivity index (χ3n) is 7.33. The standard InChI is InChI=1S/C23H29F5N2O.C2H6/c24-18-9-17(20(25)26)10-19(11-18)29-21(31)16-3-5-22(6-4-16)13-30(14-22)12-15-1-7-23(27,28)8-2-15;1-2/h9-11,15-16,20H,1-8,12-14H2,(H,29,31);1-2H3. The van der Waals surface area contributed by atoms with Gasteiger partial charge >= 0.3 is 0 Å². The van der Waals surface area contributed by atoms with Gasteiger partial charge in [0.1, 0.15) is 5.82 Å². The van der Waals surface area contributed by atoms with E-state index < -0.39 is 23.7 Å². The molecule has 3 aliphatic rings. The maximum atomic E-state index is 13.6. The van der Waals surface area contributed by atoms with E-state index in [-0.39, 0.29) is 35.8 Å². The molecular formula is C25H35F5N2O. The third kappa shape index (κ3) is 6.67. The summed E-state index contributed by atoms with van der Waals surface area (Å²) in [6, 6.07) is 2.94. The molecule has 0 radical (unpaired) electrons. The molecule has 186 valence electrons. The molecule has 1 aromatic carbocycles. The lowest BCUT2D eigenvalue weighted by atomic mass is 9.65. The van der Waals surface area contributed by atoms with Crippen LogP contribution in [0.3, 0.4) is 0 Å². The highest BCUT2D eigenvalue weighted by Crippen LogP contribution is 2.47. The fourth-order valence-electron chi connectivity index (χ4n) is 5.54. The third-order valence-corrected chi connectivity index (χ3v) is 7.33. The Morgan fingerprint density at radius 3 is 2.21 bits per heavy atom. The summed E-state index contributed by atoms with van der Waals surface area (Å²) in [4.78, 5) is 14.9. The molecule has 1 heterocycles. The van der Waals surface area contributed by atoms with Gasteiger partial charge in [-0.2, -0.15) is 0 Å². The first-order valence-electron chi connectivity index (χ1n) is 12.1. The maximum absolute atomic E-state index is 13.6. The van der Waals surface area contributed by atoms with Gasteiger partial charge in [0.05, 0.1) is 0 Å². The van der Waals surface area contributed by atoms with Crippen molar-refractivity contribution in [2.24, 2.45) is 17.3 Å². The van der Waals surface area contributed by atoms with Crippen LogP contribution < -0.4 is 5.32 Å². The second kappa shape index (κ2) is 10.7. The number of nitrogens with zero attached hydrogens (tertiary/aromatic N) is 1. The Kier molecular flexibility index (Phi) is 8.40. The van der Waals surface area contributed by atoms with Crippen molar-refractivity contribution in [1.82, 2.24) is 4.90 Å². The van der Waals surface area contributed by atoms with Gasteiger partial charge in [0.2, 0.25) is 11.8 Å². The van der Waals surface area contributed by atoms with Gasteiger partial charge < -0.3 is 10.2 Å². The smallest absolute Gasteiger partial charge is 0.264 e. The van der Waals surface area contributed by atoms with Gasteiger partial charge in [-0.05, 0) is 68.1 Å². The van der Waals surface area contributed by atoms with Crippen LogP contribution in [0.1, 0.15) is 77.2 Å². The van der Waals surface area contributed by atoms with E-state index in [0.717, 1.165) is 50.7 Å². The SMILES string of the molecule is CC.O=C(Nc1cc(F)cc(C(F)F)c1)C1CCC2(CC1)CN(CC1CCC(F)(F)CC1)C2. The van der Waals surface area contributed by atoms with Crippen LogP contribution in [0.5, 0.6) is 0 Å². The first-order chi connectivity index (χ1) is 15.6. The number of hydrogen-bond acceptors (Lipinski definition) is 2. The van der Waals surface area contributed by atoms with E-state index in [1.165, 1.54) is 0 Å². The molecule has 2 saturated carbocycles. The quantitative estimate of drug-likeness (QED) is 0.464. The van der Waals surface area contributed by atoms with Crippen molar-refractivity contribution < 1.29 is 26.7 Å². The Balaban J connectivity index is 0.00000149. The second-order valence-electron chi connectivity index (χ2n) is 9.81. The summed E-state index contributed by atoms with van der Waals surface area (Å²) in [6.07, 6.45) is 1.63. The number of halogens is 5. The average Bonchev–Trinajstić information content (AvgIpc) is 2.75. The van der Waals surface area contributed by atoms with E-state index in [1.807, 2.05) is 13.8 Å². The van der Waals surface area contributed by atoms with Gasteiger partial charge in [0, 0.05) is 49.6 Å². The highest BCUT2D eigenvalue weighted by Gasteiger charge is 2.47. The highest BCUT2D eigenvalue weighted by molar-refractivity contribution is 5.92. The molecule has 1 aromatic rings. The van der Waals surface area contributed by atoms with Crippen LogP contribution in [0.15, 0.2) is 18.2 Å². The number of nitrogens with one attached hydrogen (secondary N) is 1. The molecule has 0 unspecified atom stereocenters. The first-order valence-corrected chi connectivity index (χ1v) is 12.1. The molecule has 3 fully saturated rings. The van der Waals surface area contributed by atoms with E-state index in [2.05, 4.69) is 10.2 Å². The van der Waals surface area contributed by atoms with Crippen molar-refractivity contribution in [3.8, 4) is 0 Å². The lowest BCUT2D eigenvalue weighted by Gasteiger charge is -2.54. The molecule has 4 rings (SSSR count). The number of anilines is 1.